The number of rotatable bonds is 5. The number of benzene rings is 5. The van der Waals surface area contributed by atoms with Gasteiger partial charge in [0.15, 0.2) is 0 Å². The first-order valence-corrected chi connectivity index (χ1v) is 12.4. The largest absolute Gasteiger partial charge is 0.455 e. The van der Waals surface area contributed by atoms with E-state index < -0.39 is 0 Å². The SMILES string of the molecule is C/C=C\C(=C/C)N(c1ccc(-c2ccccc2)cc1)c1ccc2ccc3c4ccccc4oc3c2c1. The van der Waals surface area contributed by atoms with Crippen molar-refractivity contribution < 1.29 is 4.42 Å². The van der Waals surface area contributed by atoms with Crippen LogP contribution in [0, 0.1) is 0 Å². The lowest BCUT2D eigenvalue weighted by Crippen LogP contribution is -2.15. The second-order valence-corrected chi connectivity index (χ2v) is 8.91. The summed E-state index contributed by atoms with van der Waals surface area (Å²) in [4.78, 5) is 2.30. The summed E-state index contributed by atoms with van der Waals surface area (Å²) in [6.45, 7) is 4.14. The molecule has 6 aromatic rings. The summed E-state index contributed by atoms with van der Waals surface area (Å²) in [5.41, 5.74) is 7.58. The van der Waals surface area contributed by atoms with E-state index in [0.29, 0.717) is 0 Å². The average molecular weight is 466 g/mol. The molecule has 1 heterocycles. The molecule has 0 aliphatic carbocycles. The van der Waals surface area contributed by atoms with Crippen LogP contribution in [0.5, 0.6) is 0 Å². The first kappa shape index (κ1) is 21.9. The fourth-order valence-electron chi connectivity index (χ4n) is 4.98. The first-order chi connectivity index (χ1) is 17.8. The molecule has 0 N–H and O–H groups in total. The van der Waals surface area contributed by atoms with E-state index in [2.05, 4.69) is 128 Å². The van der Waals surface area contributed by atoms with Gasteiger partial charge in [-0.05, 0) is 72.8 Å². The standard InChI is InChI=1S/C34H27NO/c1-3-10-27(4-2)35(28-19-15-25(16-20-28)24-11-6-5-7-12-24)29-21-17-26-18-22-31-30-13-8-9-14-33(30)36-34(31)32(26)23-29/h3-23H,1-2H3/b10-3-,27-4+. The van der Waals surface area contributed by atoms with E-state index in [9.17, 15) is 0 Å². The second kappa shape index (κ2) is 9.24. The van der Waals surface area contributed by atoms with Gasteiger partial charge in [-0.25, -0.2) is 0 Å². The van der Waals surface area contributed by atoms with Gasteiger partial charge >= 0.3 is 0 Å². The molecular formula is C34H27NO. The minimum atomic E-state index is 0.918. The number of hydrogen-bond donors (Lipinski definition) is 0. The molecule has 174 valence electrons. The zero-order valence-electron chi connectivity index (χ0n) is 20.5. The summed E-state index contributed by atoms with van der Waals surface area (Å²) in [5, 5.41) is 4.57. The maximum atomic E-state index is 6.36. The summed E-state index contributed by atoms with van der Waals surface area (Å²) in [6.07, 6.45) is 6.38. The highest BCUT2D eigenvalue weighted by molar-refractivity contribution is 6.15. The van der Waals surface area contributed by atoms with Crippen molar-refractivity contribution >= 4 is 44.1 Å². The van der Waals surface area contributed by atoms with E-state index in [4.69, 9.17) is 4.42 Å². The zero-order valence-corrected chi connectivity index (χ0v) is 20.5. The van der Waals surface area contributed by atoms with Crippen LogP contribution >= 0.6 is 0 Å². The number of furan rings is 1. The zero-order chi connectivity index (χ0) is 24.5. The minimum Gasteiger partial charge on any atom is -0.455 e. The third-order valence-corrected chi connectivity index (χ3v) is 6.73. The normalized spacial score (nSPS) is 12.2. The molecular weight excluding hydrogens is 438 g/mol. The Kier molecular flexibility index (Phi) is 5.63. The summed E-state index contributed by atoms with van der Waals surface area (Å²) in [7, 11) is 0. The van der Waals surface area contributed by atoms with E-state index in [0.717, 1.165) is 49.8 Å². The second-order valence-electron chi connectivity index (χ2n) is 8.91. The van der Waals surface area contributed by atoms with Crippen molar-refractivity contribution in [3.63, 3.8) is 0 Å². The van der Waals surface area contributed by atoms with Crippen molar-refractivity contribution in [1.82, 2.24) is 0 Å². The lowest BCUT2D eigenvalue weighted by Gasteiger charge is -2.27. The highest BCUT2D eigenvalue weighted by atomic mass is 16.3. The quantitative estimate of drug-likeness (QED) is 0.235. The molecule has 0 radical (unpaired) electrons. The number of hydrogen-bond acceptors (Lipinski definition) is 2. The lowest BCUT2D eigenvalue weighted by atomic mass is 10.0. The van der Waals surface area contributed by atoms with Gasteiger partial charge in [-0.15, -0.1) is 0 Å². The Bertz CT molecular complexity index is 1740. The van der Waals surface area contributed by atoms with Crippen LogP contribution in [-0.4, -0.2) is 0 Å². The van der Waals surface area contributed by atoms with Crippen LogP contribution in [0.4, 0.5) is 11.4 Å². The number of para-hydroxylation sites is 1. The Hall–Kier alpha value is -4.56. The monoisotopic (exact) mass is 465 g/mol. The third kappa shape index (κ3) is 3.77. The molecule has 0 spiro atoms. The van der Waals surface area contributed by atoms with Gasteiger partial charge in [0.1, 0.15) is 11.2 Å². The predicted molar refractivity (Wildman–Crippen MR) is 154 cm³/mol. The molecule has 0 amide bonds. The maximum absolute atomic E-state index is 6.36. The summed E-state index contributed by atoms with van der Waals surface area (Å²) < 4.78 is 6.36. The Morgan fingerprint density at radius 1 is 0.639 bits per heavy atom. The van der Waals surface area contributed by atoms with Gasteiger partial charge in [0.25, 0.3) is 0 Å². The maximum Gasteiger partial charge on any atom is 0.143 e. The lowest BCUT2D eigenvalue weighted by molar-refractivity contribution is 0.672. The molecule has 0 bridgehead atoms. The van der Waals surface area contributed by atoms with Crippen molar-refractivity contribution in [2.24, 2.45) is 0 Å². The highest BCUT2D eigenvalue weighted by Gasteiger charge is 2.16. The van der Waals surface area contributed by atoms with Crippen LogP contribution in [0.1, 0.15) is 13.8 Å². The number of nitrogens with zero attached hydrogens (tertiary/aromatic N) is 1. The van der Waals surface area contributed by atoms with Crippen molar-refractivity contribution in [2.45, 2.75) is 13.8 Å². The van der Waals surface area contributed by atoms with Gasteiger partial charge in [0.05, 0.1) is 0 Å². The van der Waals surface area contributed by atoms with Gasteiger partial charge in [-0.1, -0.05) is 84.9 Å². The van der Waals surface area contributed by atoms with Crippen LogP contribution in [-0.2, 0) is 0 Å². The minimum absolute atomic E-state index is 0.918. The molecule has 0 unspecified atom stereocenters. The van der Waals surface area contributed by atoms with Gasteiger partial charge in [-0.3, -0.25) is 0 Å². The third-order valence-electron chi connectivity index (χ3n) is 6.73. The Labute approximate surface area is 211 Å². The predicted octanol–water partition coefficient (Wildman–Crippen LogP) is 10.0. The molecule has 0 saturated carbocycles. The molecule has 5 aromatic carbocycles. The van der Waals surface area contributed by atoms with Crippen molar-refractivity contribution in [2.75, 3.05) is 4.90 Å². The number of anilines is 2. The van der Waals surface area contributed by atoms with Crippen molar-refractivity contribution in [1.29, 1.82) is 0 Å². The van der Waals surface area contributed by atoms with Gasteiger partial charge in [0, 0.05) is 33.2 Å². The molecule has 0 fully saturated rings. The van der Waals surface area contributed by atoms with Gasteiger partial charge < -0.3 is 9.32 Å². The summed E-state index contributed by atoms with van der Waals surface area (Å²) in [5.74, 6) is 0. The van der Waals surface area contributed by atoms with Gasteiger partial charge in [0.2, 0.25) is 0 Å². The molecule has 1 aromatic heterocycles. The molecule has 0 atom stereocenters. The molecule has 0 saturated heterocycles. The van der Waals surface area contributed by atoms with Crippen molar-refractivity contribution in [3.8, 4) is 11.1 Å². The van der Waals surface area contributed by atoms with Crippen LogP contribution in [0.3, 0.4) is 0 Å². The van der Waals surface area contributed by atoms with E-state index in [1.54, 1.807) is 0 Å². The fraction of sp³-hybridized carbons (Fsp3) is 0.0588. The first-order valence-electron chi connectivity index (χ1n) is 12.4. The smallest absolute Gasteiger partial charge is 0.143 e. The molecule has 36 heavy (non-hydrogen) atoms. The summed E-state index contributed by atoms with van der Waals surface area (Å²) >= 11 is 0. The number of fused-ring (bicyclic) bond motifs is 5. The van der Waals surface area contributed by atoms with Crippen molar-refractivity contribution in [3.05, 3.63) is 133 Å². The molecule has 2 heteroatoms. The Balaban J connectivity index is 1.52. The molecule has 0 aliphatic heterocycles. The highest BCUT2D eigenvalue weighted by Crippen LogP contribution is 2.38. The molecule has 2 nitrogen and oxygen atoms in total. The van der Waals surface area contributed by atoms with Crippen LogP contribution in [0.15, 0.2) is 138 Å². The number of allylic oxidation sites excluding steroid dienone is 3. The van der Waals surface area contributed by atoms with E-state index in [1.807, 2.05) is 18.2 Å². The van der Waals surface area contributed by atoms with E-state index >= 15 is 0 Å². The Morgan fingerprint density at radius 3 is 2.11 bits per heavy atom. The molecule has 6 rings (SSSR count). The molecule has 0 aliphatic rings. The van der Waals surface area contributed by atoms with Crippen LogP contribution in [0.25, 0.3) is 43.8 Å². The van der Waals surface area contributed by atoms with E-state index in [1.165, 1.54) is 11.1 Å². The topological polar surface area (TPSA) is 16.4 Å². The summed E-state index contributed by atoms with van der Waals surface area (Å²) in [6, 6.07) is 38.5. The van der Waals surface area contributed by atoms with Crippen LogP contribution in [0.2, 0.25) is 0 Å². The average Bonchev–Trinajstić information content (AvgIpc) is 3.33. The Morgan fingerprint density at radius 2 is 1.33 bits per heavy atom. The van der Waals surface area contributed by atoms with Crippen LogP contribution < -0.4 is 4.90 Å². The van der Waals surface area contributed by atoms with Gasteiger partial charge in [-0.2, -0.15) is 0 Å². The van der Waals surface area contributed by atoms with E-state index in [-0.39, 0.29) is 0 Å². The fourth-order valence-corrected chi connectivity index (χ4v) is 4.98.